The number of aliphatic hydroxyl groups is 1. The Kier molecular flexibility index (Phi) is 3.73. The highest BCUT2D eigenvalue weighted by molar-refractivity contribution is 6.20. The summed E-state index contributed by atoms with van der Waals surface area (Å²) < 4.78 is 11.7. The maximum atomic E-state index is 12.6. The SMILES string of the molecule is Cc1cc(C)c(C2=C(O)C3(CCC4(CCCO4)CC3)OC2=O)cc1C. The Morgan fingerprint density at radius 1 is 0.960 bits per heavy atom. The molecule has 4 rings (SSSR count). The number of ether oxygens (including phenoxy) is 2. The van der Waals surface area contributed by atoms with E-state index in [0.29, 0.717) is 18.4 Å². The van der Waals surface area contributed by atoms with E-state index in [0.717, 1.165) is 49.0 Å². The van der Waals surface area contributed by atoms with Gasteiger partial charge in [-0.3, -0.25) is 0 Å². The van der Waals surface area contributed by atoms with Crippen LogP contribution in [0.25, 0.3) is 5.57 Å². The van der Waals surface area contributed by atoms with Crippen LogP contribution in [0.4, 0.5) is 0 Å². The van der Waals surface area contributed by atoms with Crippen LogP contribution in [-0.4, -0.2) is 28.9 Å². The summed E-state index contributed by atoms with van der Waals surface area (Å²) in [4.78, 5) is 12.6. The summed E-state index contributed by atoms with van der Waals surface area (Å²) in [6.45, 7) is 6.87. The molecule has 1 aromatic rings. The molecule has 0 unspecified atom stereocenters. The average Bonchev–Trinajstić information content (AvgIpc) is 3.12. The van der Waals surface area contributed by atoms with Crippen molar-refractivity contribution in [3.8, 4) is 0 Å². The summed E-state index contributed by atoms with van der Waals surface area (Å²) in [5.74, 6) is -0.274. The van der Waals surface area contributed by atoms with Gasteiger partial charge in [0.15, 0.2) is 11.4 Å². The molecule has 0 aromatic heterocycles. The van der Waals surface area contributed by atoms with E-state index in [-0.39, 0.29) is 11.4 Å². The molecule has 0 radical (unpaired) electrons. The highest BCUT2D eigenvalue weighted by atomic mass is 16.6. The second kappa shape index (κ2) is 5.60. The van der Waals surface area contributed by atoms with Gasteiger partial charge >= 0.3 is 5.97 Å². The van der Waals surface area contributed by atoms with Crippen LogP contribution in [0.3, 0.4) is 0 Å². The first-order valence-electron chi connectivity index (χ1n) is 9.25. The molecule has 2 heterocycles. The van der Waals surface area contributed by atoms with Crippen LogP contribution < -0.4 is 0 Å². The van der Waals surface area contributed by atoms with Crippen LogP contribution in [0.5, 0.6) is 0 Å². The molecule has 25 heavy (non-hydrogen) atoms. The minimum absolute atomic E-state index is 0.0585. The second-order valence-corrected chi connectivity index (χ2v) is 7.99. The molecular weight excluding hydrogens is 316 g/mol. The quantitative estimate of drug-likeness (QED) is 0.773. The lowest BCUT2D eigenvalue weighted by Gasteiger charge is -2.41. The van der Waals surface area contributed by atoms with E-state index in [2.05, 4.69) is 13.0 Å². The Labute approximate surface area is 148 Å². The van der Waals surface area contributed by atoms with E-state index < -0.39 is 11.6 Å². The van der Waals surface area contributed by atoms with Crippen LogP contribution in [0.15, 0.2) is 17.9 Å². The number of benzene rings is 1. The first-order chi connectivity index (χ1) is 11.9. The Balaban J connectivity index is 1.70. The summed E-state index contributed by atoms with van der Waals surface area (Å²) in [6.07, 6.45) is 5.12. The molecule has 1 saturated heterocycles. The molecule has 1 saturated carbocycles. The largest absolute Gasteiger partial charge is 0.507 e. The van der Waals surface area contributed by atoms with Crippen molar-refractivity contribution in [1.82, 2.24) is 0 Å². The van der Waals surface area contributed by atoms with Gasteiger partial charge in [-0.25, -0.2) is 4.79 Å². The molecule has 2 fully saturated rings. The molecular formula is C21H26O4. The first kappa shape index (κ1) is 16.6. The molecule has 1 aromatic carbocycles. The zero-order chi connectivity index (χ0) is 17.8. The number of esters is 1. The van der Waals surface area contributed by atoms with Gasteiger partial charge in [-0.15, -0.1) is 0 Å². The summed E-state index contributed by atoms with van der Waals surface area (Å²) in [5.41, 5.74) is 3.51. The van der Waals surface area contributed by atoms with Gasteiger partial charge in [-0.2, -0.15) is 0 Å². The smallest absolute Gasteiger partial charge is 0.343 e. The Hall–Kier alpha value is -1.81. The van der Waals surface area contributed by atoms with Gasteiger partial charge in [0, 0.05) is 6.61 Å². The molecule has 0 amide bonds. The van der Waals surface area contributed by atoms with E-state index in [1.165, 1.54) is 5.56 Å². The first-order valence-corrected chi connectivity index (χ1v) is 9.25. The van der Waals surface area contributed by atoms with Crippen molar-refractivity contribution in [1.29, 1.82) is 0 Å². The molecule has 1 aliphatic carbocycles. The van der Waals surface area contributed by atoms with Crippen molar-refractivity contribution in [3.05, 3.63) is 40.1 Å². The molecule has 134 valence electrons. The standard InChI is InChI=1S/C21H26O4/c1-13-11-15(3)16(12-14(13)2)17-18(22)21(25-19(17)23)8-6-20(7-9-21)5-4-10-24-20/h11-12,22H,4-10H2,1-3H3. The van der Waals surface area contributed by atoms with Gasteiger partial charge in [0.1, 0.15) is 5.57 Å². The van der Waals surface area contributed by atoms with Crippen molar-refractivity contribution < 1.29 is 19.4 Å². The third-order valence-electron chi connectivity index (χ3n) is 6.42. The minimum atomic E-state index is -0.852. The number of aliphatic hydroxyl groups excluding tert-OH is 1. The monoisotopic (exact) mass is 342 g/mol. The van der Waals surface area contributed by atoms with Crippen LogP contribution >= 0.6 is 0 Å². The highest BCUT2D eigenvalue weighted by Crippen LogP contribution is 2.51. The van der Waals surface area contributed by atoms with E-state index in [1.54, 1.807) is 0 Å². The third kappa shape index (κ3) is 2.50. The highest BCUT2D eigenvalue weighted by Gasteiger charge is 2.54. The Morgan fingerprint density at radius 3 is 2.28 bits per heavy atom. The third-order valence-corrected chi connectivity index (χ3v) is 6.42. The predicted molar refractivity (Wildman–Crippen MR) is 95.4 cm³/mol. The van der Waals surface area contributed by atoms with E-state index in [1.807, 2.05) is 19.9 Å². The number of rotatable bonds is 1. The maximum Gasteiger partial charge on any atom is 0.343 e. The molecule has 4 nitrogen and oxygen atoms in total. The van der Waals surface area contributed by atoms with Gasteiger partial charge in [0.25, 0.3) is 0 Å². The van der Waals surface area contributed by atoms with Crippen LogP contribution in [0, 0.1) is 20.8 Å². The van der Waals surface area contributed by atoms with Crippen LogP contribution in [0.1, 0.15) is 60.8 Å². The number of aryl methyl sites for hydroxylation is 3. The zero-order valence-electron chi connectivity index (χ0n) is 15.3. The van der Waals surface area contributed by atoms with Crippen molar-refractivity contribution in [2.45, 2.75) is 70.5 Å². The molecule has 2 spiro atoms. The summed E-state index contributed by atoms with van der Waals surface area (Å²) in [6, 6.07) is 4.05. The fraction of sp³-hybridized carbons (Fsp3) is 0.571. The van der Waals surface area contributed by atoms with E-state index >= 15 is 0 Å². The van der Waals surface area contributed by atoms with E-state index in [9.17, 15) is 9.90 Å². The lowest BCUT2D eigenvalue weighted by Crippen LogP contribution is -2.44. The molecule has 1 N–H and O–H groups in total. The van der Waals surface area contributed by atoms with Crippen molar-refractivity contribution in [2.75, 3.05) is 6.61 Å². The minimum Gasteiger partial charge on any atom is -0.507 e. The number of hydrogen-bond acceptors (Lipinski definition) is 4. The number of carbonyl (C=O) groups is 1. The average molecular weight is 342 g/mol. The Morgan fingerprint density at radius 2 is 1.64 bits per heavy atom. The van der Waals surface area contributed by atoms with E-state index in [4.69, 9.17) is 9.47 Å². The summed E-state index contributed by atoms with van der Waals surface area (Å²) in [7, 11) is 0. The van der Waals surface area contributed by atoms with Crippen molar-refractivity contribution in [3.63, 3.8) is 0 Å². The van der Waals surface area contributed by atoms with Gasteiger partial charge in [-0.1, -0.05) is 12.1 Å². The topological polar surface area (TPSA) is 55.8 Å². The van der Waals surface area contributed by atoms with Gasteiger partial charge in [0.05, 0.1) is 5.60 Å². The van der Waals surface area contributed by atoms with Crippen LogP contribution in [0.2, 0.25) is 0 Å². The van der Waals surface area contributed by atoms with Gasteiger partial charge in [0.2, 0.25) is 0 Å². The van der Waals surface area contributed by atoms with Gasteiger partial charge in [-0.05, 0) is 81.5 Å². The summed E-state index contributed by atoms with van der Waals surface area (Å²) in [5, 5.41) is 11.0. The predicted octanol–water partition coefficient (Wildman–Crippen LogP) is 4.30. The lowest BCUT2D eigenvalue weighted by atomic mass is 9.73. The normalized spacial score (nSPS) is 32.0. The Bertz CT molecular complexity index is 758. The molecule has 0 atom stereocenters. The fourth-order valence-corrected chi connectivity index (χ4v) is 4.67. The summed E-state index contributed by atoms with van der Waals surface area (Å²) >= 11 is 0. The van der Waals surface area contributed by atoms with Crippen LogP contribution in [-0.2, 0) is 14.3 Å². The van der Waals surface area contributed by atoms with Crippen molar-refractivity contribution in [2.24, 2.45) is 0 Å². The zero-order valence-corrected chi connectivity index (χ0v) is 15.3. The lowest BCUT2D eigenvalue weighted by molar-refractivity contribution is -0.156. The fourth-order valence-electron chi connectivity index (χ4n) is 4.67. The molecule has 2 aliphatic heterocycles. The number of hydrogen-bond donors (Lipinski definition) is 1. The number of carbonyl (C=O) groups excluding carboxylic acids is 1. The molecule has 0 bridgehead atoms. The maximum absolute atomic E-state index is 12.6. The van der Waals surface area contributed by atoms with Crippen molar-refractivity contribution >= 4 is 11.5 Å². The molecule has 4 heteroatoms. The molecule has 3 aliphatic rings. The van der Waals surface area contributed by atoms with Gasteiger partial charge < -0.3 is 14.6 Å². The second-order valence-electron chi connectivity index (χ2n) is 7.99.